The fraction of sp³-hybridized carbons (Fsp3) is 0.857. The van der Waals surface area contributed by atoms with E-state index in [1.165, 1.54) is 0 Å². The lowest BCUT2D eigenvalue weighted by molar-refractivity contribution is -0.138. The first kappa shape index (κ1) is 17.1. The summed E-state index contributed by atoms with van der Waals surface area (Å²) in [5, 5.41) is 12.3. The number of nitrogens with one attached hydrogen (secondary N) is 1. The summed E-state index contributed by atoms with van der Waals surface area (Å²) >= 11 is 1.87. The van der Waals surface area contributed by atoms with Gasteiger partial charge in [-0.05, 0) is 12.3 Å². The van der Waals surface area contributed by atoms with E-state index in [4.69, 9.17) is 5.11 Å². The van der Waals surface area contributed by atoms with Gasteiger partial charge in [-0.15, -0.1) is 0 Å². The molecule has 0 spiro atoms. The summed E-state index contributed by atoms with van der Waals surface area (Å²) in [5.74, 6) is 0.0405. The Kier molecular flexibility index (Phi) is 5.74. The Morgan fingerprint density at radius 2 is 2.00 bits per heavy atom. The Labute approximate surface area is 125 Å². The SMILES string of the molecule is CC1SCCN(C(=O)NC(CC(=O)O)C(C)(C)C)C1C. The molecule has 2 N–H and O–H groups in total. The van der Waals surface area contributed by atoms with E-state index in [1.807, 2.05) is 44.4 Å². The topological polar surface area (TPSA) is 69.6 Å². The van der Waals surface area contributed by atoms with Crippen LogP contribution in [-0.2, 0) is 4.79 Å². The maximum Gasteiger partial charge on any atom is 0.317 e. The first-order valence-corrected chi connectivity index (χ1v) is 8.08. The van der Waals surface area contributed by atoms with Gasteiger partial charge in [0.2, 0.25) is 0 Å². The quantitative estimate of drug-likeness (QED) is 0.840. The molecule has 0 radical (unpaired) electrons. The minimum Gasteiger partial charge on any atom is -0.481 e. The van der Waals surface area contributed by atoms with Crippen molar-refractivity contribution in [3.05, 3.63) is 0 Å². The zero-order valence-corrected chi connectivity index (χ0v) is 13.8. The predicted molar refractivity (Wildman–Crippen MR) is 82.1 cm³/mol. The van der Waals surface area contributed by atoms with Gasteiger partial charge in [0, 0.05) is 29.6 Å². The standard InChI is InChI=1S/C14H26N2O3S/c1-9-10(2)20-7-6-16(9)13(19)15-11(8-12(17)18)14(3,4)5/h9-11H,6-8H2,1-5H3,(H,15,19)(H,17,18). The molecule has 1 aliphatic heterocycles. The van der Waals surface area contributed by atoms with Crippen LogP contribution in [0.5, 0.6) is 0 Å². The fourth-order valence-corrected chi connectivity index (χ4v) is 3.30. The number of amides is 2. The van der Waals surface area contributed by atoms with E-state index in [9.17, 15) is 9.59 Å². The lowest BCUT2D eigenvalue weighted by Gasteiger charge is -2.39. The summed E-state index contributed by atoms with van der Waals surface area (Å²) in [6.07, 6.45) is -0.0538. The summed E-state index contributed by atoms with van der Waals surface area (Å²) in [6.45, 7) is 10.7. The van der Waals surface area contributed by atoms with Crippen LogP contribution in [0, 0.1) is 5.41 Å². The number of thioether (sulfide) groups is 1. The van der Waals surface area contributed by atoms with Crippen LogP contribution in [0.3, 0.4) is 0 Å². The average Bonchev–Trinajstić information content (AvgIpc) is 2.30. The van der Waals surface area contributed by atoms with Crippen LogP contribution in [-0.4, -0.2) is 51.6 Å². The minimum absolute atomic E-state index is 0.0538. The lowest BCUT2D eigenvalue weighted by Crippen LogP contribution is -2.56. The molecule has 1 heterocycles. The van der Waals surface area contributed by atoms with Gasteiger partial charge >= 0.3 is 12.0 Å². The third-order valence-electron chi connectivity index (χ3n) is 3.87. The molecule has 5 nitrogen and oxygen atoms in total. The zero-order valence-electron chi connectivity index (χ0n) is 13.0. The molecular weight excluding hydrogens is 276 g/mol. The molecule has 1 saturated heterocycles. The number of carbonyl (C=O) groups is 2. The van der Waals surface area contributed by atoms with Crippen molar-refractivity contribution in [1.82, 2.24) is 10.2 Å². The van der Waals surface area contributed by atoms with Gasteiger partial charge in [0.1, 0.15) is 0 Å². The highest BCUT2D eigenvalue weighted by Gasteiger charge is 2.33. The second-order valence-corrected chi connectivity index (χ2v) is 7.96. The highest BCUT2D eigenvalue weighted by Crippen LogP contribution is 2.26. The number of carboxylic acids is 1. The molecule has 2 amide bonds. The number of nitrogens with zero attached hydrogens (tertiary/aromatic N) is 1. The van der Waals surface area contributed by atoms with E-state index in [2.05, 4.69) is 12.2 Å². The van der Waals surface area contributed by atoms with Gasteiger partial charge in [-0.3, -0.25) is 4.79 Å². The molecule has 6 heteroatoms. The molecule has 20 heavy (non-hydrogen) atoms. The average molecular weight is 302 g/mol. The molecule has 0 saturated carbocycles. The molecule has 0 aromatic carbocycles. The van der Waals surface area contributed by atoms with E-state index >= 15 is 0 Å². The van der Waals surface area contributed by atoms with E-state index in [0.717, 1.165) is 5.75 Å². The van der Waals surface area contributed by atoms with Crippen LogP contribution < -0.4 is 5.32 Å². The second-order valence-electron chi connectivity index (χ2n) is 6.48. The second kappa shape index (κ2) is 6.70. The summed E-state index contributed by atoms with van der Waals surface area (Å²) in [4.78, 5) is 25.2. The predicted octanol–water partition coefficient (Wildman–Crippen LogP) is 2.41. The van der Waals surface area contributed by atoms with E-state index in [-0.39, 0.29) is 30.0 Å². The molecule has 1 aliphatic rings. The highest BCUT2D eigenvalue weighted by atomic mass is 32.2. The van der Waals surface area contributed by atoms with Gasteiger partial charge in [-0.1, -0.05) is 27.7 Å². The van der Waals surface area contributed by atoms with Gasteiger partial charge in [0.05, 0.1) is 6.42 Å². The zero-order chi connectivity index (χ0) is 15.5. The van der Waals surface area contributed by atoms with Crippen molar-refractivity contribution in [2.75, 3.05) is 12.3 Å². The van der Waals surface area contributed by atoms with Crippen molar-refractivity contribution >= 4 is 23.8 Å². The minimum atomic E-state index is -0.888. The van der Waals surface area contributed by atoms with Gasteiger partial charge in [0.15, 0.2) is 0 Å². The van der Waals surface area contributed by atoms with Crippen molar-refractivity contribution in [3.8, 4) is 0 Å². The number of aliphatic carboxylic acids is 1. The number of carboxylic acid groups (broad SMARTS) is 1. The van der Waals surface area contributed by atoms with E-state index < -0.39 is 5.97 Å². The fourth-order valence-electron chi connectivity index (χ4n) is 2.20. The first-order valence-electron chi connectivity index (χ1n) is 7.03. The molecular formula is C14H26N2O3S. The van der Waals surface area contributed by atoms with Gasteiger partial charge < -0.3 is 15.3 Å². The molecule has 0 aromatic heterocycles. The first-order chi connectivity index (χ1) is 9.12. The number of hydrogen-bond donors (Lipinski definition) is 2. The van der Waals surface area contributed by atoms with Crippen LogP contribution in [0.25, 0.3) is 0 Å². The molecule has 1 rings (SSSR count). The van der Waals surface area contributed by atoms with Crippen LogP contribution in [0.1, 0.15) is 41.0 Å². The molecule has 3 atom stereocenters. The molecule has 0 bridgehead atoms. The Morgan fingerprint density at radius 1 is 1.40 bits per heavy atom. The van der Waals surface area contributed by atoms with Crippen molar-refractivity contribution in [3.63, 3.8) is 0 Å². The molecule has 3 unspecified atom stereocenters. The maximum atomic E-state index is 12.4. The normalized spacial score (nSPS) is 25.1. The van der Waals surface area contributed by atoms with Crippen molar-refractivity contribution in [2.24, 2.45) is 5.41 Å². The summed E-state index contributed by atoms with van der Waals surface area (Å²) in [6, 6.07) is -0.352. The Hall–Kier alpha value is -0.910. The van der Waals surface area contributed by atoms with Crippen LogP contribution in [0.2, 0.25) is 0 Å². The Balaban J connectivity index is 2.72. The molecule has 0 aliphatic carbocycles. The summed E-state index contributed by atoms with van der Waals surface area (Å²) in [7, 11) is 0. The van der Waals surface area contributed by atoms with Crippen molar-refractivity contribution in [1.29, 1.82) is 0 Å². The lowest BCUT2D eigenvalue weighted by atomic mass is 9.85. The third-order valence-corrected chi connectivity index (χ3v) is 5.20. The Morgan fingerprint density at radius 3 is 2.50 bits per heavy atom. The maximum absolute atomic E-state index is 12.4. The molecule has 116 valence electrons. The number of urea groups is 1. The third kappa shape index (κ3) is 4.58. The number of carbonyl (C=O) groups excluding carboxylic acids is 1. The van der Waals surface area contributed by atoms with Crippen LogP contribution in [0.4, 0.5) is 4.79 Å². The molecule has 0 aromatic rings. The number of hydrogen-bond acceptors (Lipinski definition) is 3. The van der Waals surface area contributed by atoms with Crippen LogP contribution >= 0.6 is 11.8 Å². The Bertz CT molecular complexity index is 368. The molecule has 1 fully saturated rings. The highest BCUT2D eigenvalue weighted by molar-refractivity contribution is 8.00. The van der Waals surface area contributed by atoms with Crippen LogP contribution in [0.15, 0.2) is 0 Å². The van der Waals surface area contributed by atoms with E-state index in [0.29, 0.717) is 11.8 Å². The van der Waals surface area contributed by atoms with Crippen molar-refractivity contribution in [2.45, 2.75) is 58.4 Å². The van der Waals surface area contributed by atoms with Gasteiger partial charge in [-0.25, -0.2) is 4.79 Å². The summed E-state index contributed by atoms with van der Waals surface area (Å²) < 4.78 is 0. The van der Waals surface area contributed by atoms with Gasteiger partial charge in [0.25, 0.3) is 0 Å². The van der Waals surface area contributed by atoms with Crippen molar-refractivity contribution < 1.29 is 14.7 Å². The monoisotopic (exact) mass is 302 g/mol. The number of rotatable bonds is 3. The smallest absolute Gasteiger partial charge is 0.317 e. The van der Waals surface area contributed by atoms with E-state index in [1.54, 1.807) is 0 Å². The summed E-state index contributed by atoms with van der Waals surface area (Å²) in [5.41, 5.74) is -0.284. The largest absolute Gasteiger partial charge is 0.481 e. The van der Waals surface area contributed by atoms with Gasteiger partial charge in [-0.2, -0.15) is 11.8 Å².